The summed E-state index contributed by atoms with van der Waals surface area (Å²) in [6.45, 7) is 0. The van der Waals surface area contributed by atoms with E-state index in [9.17, 15) is 10.1 Å². The van der Waals surface area contributed by atoms with Gasteiger partial charge in [0.25, 0.3) is 5.69 Å². The third-order valence-electron chi connectivity index (χ3n) is 1.75. The Morgan fingerprint density at radius 3 is 2.60 bits per heavy atom. The molecule has 1 N–H and O–H groups in total. The molecule has 1 aromatic carbocycles. The van der Waals surface area contributed by atoms with Crippen LogP contribution in [0.1, 0.15) is 0 Å². The van der Waals surface area contributed by atoms with E-state index in [2.05, 4.69) is 5.32 Å². The zero-order valence-corrected chi connectivity index (χ0v) is 9.25. The number of para-hydroxylation sites is 2. The Bertz CT molecular complexity index is 393. The molecule has 80 valence electrons. The third kappa shape index (κ3) is 2.88. The number of nitrogens with one attached hydrogen (secondary N) is 1. The molecule has 1 rings (SSSR count). The summed E-state index contributed by atoms with van der Waals surface area (Å²) >= 11 is 5.00. The number of hydrogen-bond acceptors (Lipinski definition) is 3. The fourth-order valence-electron chi connectivity index (χ4n) is 0.966. The van der Waals surface area contributed by atoms with Crippen molar-refractivity contribution in [2.45, 2.75) is 0 Å². The summed E-state index contributed by atoms with van der Waals surface area (Å²) < 4.78 is 0. The third-order valence-corrected chi connectivity index (χ3v) is 2.22. The molecule has 0 bridgehead atoms. The second-order valence-corrected chi connectivity index (χ2v) is 3.49. The van der Waals surface area contributed by atoms with Crippen LogP contribution < -0.4 is 5.32 Å². The maximum absolute atomic E-state index is 10.7. The average molecular weight is 225 g/mol. The number of nitro groups is 1. The fourth-order valence-corrected chi connectivity index (χ4v) is 1.08. The van der Waals surface area contributed by atoms with Crippen molar-refractivity contribution in [3.63, 3.8) is 0 Å². The van der Waals surface area contributed by atoms with Gasteiger partial charge in [-0.25, -0.2) is 0 Å². The van der Waals surface area contributed by atoms with Crippen LogP contribution in [0.25, 0.3) is 0 Å². The second-order valence-electron chi connectivity index (χ2n) is 3.10. The Balaban J connectivity index is 2.94. The Kier molecular flexibility index (Phi) is 3.56. The van der Waals surface area contributed by atoms with Crippen LogP contribution in [0.3, 0.4) is 0 Å². The van der Waals surface area contributed by atoms with E-state index in [1.807, 2.05) is 0 Å². The van der Waals surface area contributed by atoms with Crippen LogP contribution in [0, 0.1) is 10.1 Å². The van der Waals surface area contributed by atoms with Crippen LogP contribution in [0.4, 0.5) is 11.4 Å². The molecule has 15 heavy (non-hydrogen) atoms. The van der Waals surface area contributed by atoms with E-state index >= 15 is 0 Å². The second kappa shape index (κ2) is 4.70. The molecular weight excluding hydrogens is 214 g/mol. The van der Waals surface area contributed by atoms with E-state index in [-0.39, 0.29) is 5.69 Å². The van der Waals surface area contributed by atoms with Gasteiger partial charge in [0, 0.05) is 20.2 Å². The minimum atomic E-state index is -0.444. The molecule has 0 heterocycles. The van der Waals surface area contributed by atoms with Crippen molar-refractivity contribution in [1.82, 2.24) is 4.90 Å². The summed E-state index contributed by atoms with van der Waals surface area (Å²) in [5.41, 5.74) is 0.419. The average Bonchev–Trinajstić information content (AvgIpc) is 2.18. The molecule has 6 heteroatoms. The molecule has 0 aliphatic heterocycles. The molecule has 0 amide bonds. The van der Waals surface area contributed by atoms with Gasteiger partial charge < -0.3 is 10.2 Å². The standard InChI is InChI=1S/C9H11N3O2S/c1-11(2)9(15)10-7-5-3-4-6-8(7)12(13)14/h3-6H,1-2H3,(H,10,15). The molecule has 0 saturated heterocycles. The highest BCUT2D eigenvalue weighted by Crippen LogP contribution is 2.23. The van der Waals surface area contributed by atoms with Crippen LogP contribution in [0.5, 0.6) is 0 Å². The van der Waals surface area contributed by atoms with Gasteiger partial charge in [-0.2, -0.15) is 0 Å². The molecule has 0 atom stereocenters. The highest BCUT2D eigenvalue weighted by Gasteiger charge is 2.13. The Morgan fingerprint density at radius 2 is 2.07 bits per heavy atom. The zero-order valence-electron chi connectivity index (χ0n) is 8.43. The summed E-state index contributed by atoms with van der Waals surface area (Å²) in [5, 5.41) is 13.9. The van der Waals surface area contributed by atoms with E-state index in [0.29, 0.717) is 10.8 Å². The van der Waals surface area contributed by atoms with E-state index in [1.165, 1.54) is 6.07 Å². The van der Waals surface area contributed by atoms with Crippen LogP contribution in [0.2, 0.25) is 0 Å². The van der Waals surface area contributed by atoms with Crippen molar-refractivity contribution in [2.24, 2.45) is 0 Å². The number of nitro benzene ring substituents is 1. The SMILES string of the molecule is CN(C)C(=S)Nc1ccccc1[N+](=O)[O-]. The quantitative estimate of drug-likeness (QED) is 0.473. The van der Waals surface area contributed by atoms with Crippen molar-refractivity contribution >= 4 is 28.7 Å². The van der Waals surface area contributed by atoms with Gasteiger partial charge in [0.2, 0.25) is 0 Å². The first-order chi connectivity index (χ1) is 7.02. The summed E-state index contributed by atoms with van der Waals surface area (Å²) in [5.74, 6) is 0. The largest absolute Gasteiger partial charge is 0.355 e. The molecule has 0 fully saturated rings. The maximum Gasteiger partial charge on any atom is 0.292 e. The highest BCUT2D eigenvalue weighted by atomic mass is 32.1. The molecule has 0 aliphatic carbocycles. The van der Waals surface area contributed by atoms with Gasteiger partial charge in [0.05, 0.1) is 4.92 Å². The molecule has 5 nitrogen and oxygen atoms in total. The predicted octanol–water partition coefficient (Wildman–Crippen LogP) is 1.85. The summed E-state index contributed by atoms with van der Waals surface area (Å²) in [4.78, 5) is 11.9. The first kappa shape index (κ1) is 11.4. The monoisotopic (exact) mass is 225 g/mol. The number of benzene rings is 1. The highest BCUT2D eigenvalue weighted by molar-refractivity contribution is 7.80. The van der Waals surface area contributed by atoms with Crippen LogP contribution >= 0.6 is 12.2 Å². The van der Waals surface area contributed by atoms with Gasteiger partial charge in [-0.3, -0.25) is 10.1 Å². The minimum Gasteiger partial charge on any atom is -0.355 e. The normalized spacial score (nSPS) is 9.47. The lowest BCUT2D eigenvalue weighted by Crippen LogP contribution is -2.27. The van der Waals surface area contributed by atoms with Gasteiger partial charge in [0.1, 0.15) is 5.69 Å². The molecule has 0 saturated carbocycles. The Morgan fingerprint density at radius 1 is 1.47 bits per heavy atom. The first-order valence-corrected chi connectivity index (χ1v) is 4.65. The minimum absolute atomic E-state index is 0.0155. The molecule has 0 radical (unpaired) electrons. The van der Waals surface area contributed by atoms with Crippen molar-refractivity contribution < 1.29 is 4.92 Å². The van der Waals surface area contributed by atoms with Crippen LogP contribution in [0.15, 0.2) is 24.3 Å². The van der Waals surface area contributed by atoms with E-state index < -0.39 is 4.92 Å². The number of nitrogens with zero attached hydrogens (tertiary/aromatic N) is 2. The predicted molar refractivity (Wildman–Crippen MR) is 63.0 cm³/mol. The lowest BCUT2D eigenvalue weighted by atomic mass is 10.3. The maximum atomic E-state index is 10.7. The van der Waals surface area contributed by atoms with E-state index in [4.69, 9.17) is 12.2 Å². The van der Waals surface area contributed by atoms with Crippen molar-refractivity contribution in [3.05, 3.63) is 34.4 Å². The van der Waals surface area contributed by atoms with Gasteiger partial charge >= 0.3 is 0 Å². The molecule has 0 aromatic heterocycles. The van der Waals surface area contributed by atoms with Gasteiger partial charge in [0.15, 0.2) is 5.11 Å². The van der Waals surface area contributed by atoms with Gasteiger partial charge in [-0.15, -0.1) is 0 Å². The van der Waals surface area contributed by atoms with Crippen molar-refractivity contribution in [1.29, 1.82) is 0 Å². The first-order valence-electron chi connectivity index (χ1n) is 4.24. The Labute approximate surface area is 92.8 Å². The Hall–Kier alpha value is -1.69. The summed E-state index contributed by atoms with van der Waals surface area (Å²) in [6, 6.07) is 6.38. The number of rotatable bonds is 2. The number of hydrogen-bond donors (Lipinski definition) is 1. The molecular formula is C9H11N3O2S. The summed E-state index contributed by atoms with van der Waals surface area (Å²) in [7, 11) is 3.54. The van der Waals surface area contributed by atoms with Crippen molar-refractivity contribution in [3.8, 4) is 0 Å². The lowest BCUT2D eigenvalue weighted by Gasteiger charge is -2.15. The van der Waals surface area contributed by atoms with Crippen LogP contribution in [-0.4, -0.2) is 29.0 Å². The van der Waals surface area contributed by atoms with E-state index in [1.54, 1.807) is 37.2 Å². The van der Waals surface area contributed by atoms with Gasteiger partial charge in [-0.1, -0.05) is 12.1 Å². The van der Waals surface area contributed by atoms with Crippen molar-refractivity contribution in [2.75, 3.05) is 19.4 Å². The topological polar surface area (TPSA) is 58.4 Å². The zero-order chi connectivity index (χ0) is 11.4. The lowest BCUT2D eigenvalue weighted by molar-refractivity contribution is -0.383. The number of thiocarbonyl (C=S) groups is 1. The smallest absolute Gasteiger partial charge is 0.292 e. The molecule has 0 spiro atoms. The van der Waals surface area contributed by atoms with Crippen LogP contribution in [-0.2, 0) is 0 Å². The fraction of sp³-hybridized carbons (Fsp3) is 0.222. The van der Waals surface area contributed by atoms with Gasteiger partial charge in [-0.05, 0) is 18.3 Å². The molecule has 0 aliphatic rings. The van der Waals surface area contributed by atoms with E-state index in [0.717, 1.165) is 0 Å². The molecule has 0 unspecified atom stereocenters. The molecule has 1 aromatic rings. The number of anilines is 1. The summed E-state index contributed by atoms with van der Waals surface area (Å²) in [6.07, 6.45) is 0.